The van der Waals surface area contributed by atoms with E-state index in [1.165, 1.54) is 6.92 Å². The summed E-state index contributed by atoms with van der Waals surface area (Å²) >= 11 is 0. The molecule has 4 nitrogen and oxygen atoms in total. The molecule has 0 saturated carbocycles. The summed E-state index contributed by atoms with van der Waals surface area (Å²) in [5, 5.41) is 0. The van der Waals surface area contributed by atoms with Crippen molar-refractivity contribution in [2.24, 2.45) is 11.5 Å². The highest BCUT2D eigenvalue weighted by atomic mass is 35.5. The number of nitrogens with two attached hydrogens (primary N) is 2. The zero-order chi connectivity index (χ0) is 12.7. The molecule has 0 aliphatic carbocycles. The van der Waals surface area contributed by atoms with E-state index in [2.05, 4.69) is 0 Å². The lowest BCUT2D eigenvalue weighted by Crippen LogP contribution is -2.11. The average molecular weight is 273 g/mol. The molecule has 0 saturated heterocycles. The molecule has 0 aliphatic heterocycles. The molecule has 1 aromatic rings. The summed E-state index contributed by atoms with van der Waals surface area (Å²) < 4.78 is 5.02. The highest BCUT2D eigenvalue weighted by molar-refractivity contribution is 5.85. The summed E-state index contributed by atoms with van der Waals surface area (Å²) in [4.78, 5) is 10.8. The molecule has 1 aromatic carbocycles. The number of carbonyl (C=O) groups is 1. The standard InChI is InChI=1S/C13H20N2O2.ClH/c1-10(16)17-12-6-4-5-11(9-12)13(15)7-2-3-8-14;/h4-6,9,13H,2-3,7-8,14-15H2,1H3;1H/t13-;/m0./s1. The average Bonchev–Trinajstić information content (AvgIpc) is 2.28. The van der Waals surface area contributed by atoms with E-state index in [9.17, 15) is 4.79 Å². The Hall–Kier alpha value is -1.10. The van der Waals surface area contributed by atoms with E-state index in [1.54, 1.807) is 6.07 Å². The molecule has 0 aromatic heterocycles. The second kappa shape index (κ2) is 8.91. The molecule has 0 radical (unpaired) electrons. The first kappa shape index (κ1) is 16.9. The van der Waals surface area contributed by atoms with E-state index in [0.29, 0.717) is 12.3 Å². The normalized spacial score (nSPS) is 11.5. The zero-order valence-corrected chi connectivity index (χ0v) is 11.4. The zero-order valence-electron chi connectivity index (χ0n) is 10.6. The van der Waals surface area contributed by atoms with Crippen LogP contribution in [0, 0.1) is 0 Å². The molecule has 0 amide bonds. The molecule has 0 heterocycles. The van der Waals surface area contributed by atoms with Gasteiger partial charge in [0.2, 0.25) is 0 Å². The van der Waals surface area contributed by atoms with Gasteiger partial charge in [0, 0.05) is 13.0 Å². The van der Waals surface area contributed by atoms with Crippen LogP contribution >= 0.6 is 12.4 Å². The van der Waals surface area contributed by atoms with Crippen LogP contribution < -0.4 is 16.2 Å². The van der Waals surface area contributed by atoms with Crippen molar-refractivity contribution in [3.05, 3.63) is 29.8 Å². The van der Waals surface area contributed by atoms with Gasteiger partial charge in [-0.3, -0.25) is 4.79 Å². The van der Waals surface area contributed by atoms with Crippen molar-refractivity contribution in [2.45, 2.75) is 32.2 Å². The summed E-state index contributed by atoms with van der Waals surface area (Å²) in [5.41, 5.74) is 12.5. The van der Waals surface area contributed by atoms with Gasteiger partial charge in [-0.15, -0.1) is 12.4 Å². The lowest BCUT2D eigenvalue weighted by molar-refractivity contribution is -0.131. The first-order valence-corrected chi connectivity index (χ1v) is 5.87. The van der Waals surface area contributed by atoms with Gasteiger partial charge in [0.05, 0.1) is 0 Å². The summed E-state index contributed by atoms with van der Waals surface area (Å²) in [6.45, 7) is 2.08. The fourth-order valence-corrected chi connectivity index (χ4v) is 1.65. The minimum atomic E-state index is -0.321. The molecule has 0 unspecified atom stereocenters. The maximum absolute atomic E-state index is 10.8. The van der Waals surface area contributed by atoms with Crippen molar-refractivity contribution < 1.29 is 9.53 Å². The van der Waals surface area contributed by atoms with Gasteiger partial charge in [-0.25, -0.2) is 0 Å². The minimum absolute atomic E-state index is 0. The third-order valence-electron chi connectivity index (χ3n) is 2.52. The Morgan fingerprint density at radius 1 is 1.39 bits per heavy atom. The highest BCUT2D eigenvalue weighted by Crippen LogP contribution is 2.21. The van der Waals surface area contributed by atoms with Crippen LogP contribution in [-0.4, -0.2) is 12.5 Å². The van der Waals surface area contributed by atoms with Gasteiger partial charge in [-0.1, -0.05) is 18.6 Å². The Morgan fingerprint density at radius 2 is 2.11 bits per heavy atom. The van der Waals surface area contributed by atoms with Gasteiger partial charge in [0.1, 0.15) is 5.75 Å². The summed E-state index contributed by atoms with van der Waals surface area (Å²) in [7, 11) is 0. The number of rotatable bonds is 6. The maximum atomic E-state index is 10.8. The van der Waals surface area contributed by atoms with Crippen LogP contribution in [0.15, 0.2) is 24.3 Å². The van der Waals surface area contributed by atoms with E-state index in [0.717, 1.165) is 24.8 Å². The fourth-order valence-electron chi connectivity index (χ4n) is 1.65. The Labute approximate surface area is 114 Å². The molecular formula is C13H21ClN2O2. The van der Waals surface area contributed by atoms with Gasteiger partial charge < -0.3 is 16.2 Å². The van der Waals surface area contributed by atoms with E-state index >= 15 is 0 Å². The van der Waals surface area contributed by atoms with Crippen LogP contribution in [0.1, 0.15) is 37.8 Å². The molecule has 0 bridgehead atoms. The molecule has 4 N–H and O–H groups in total. The topological polar surface area (TPSA) is 78.3 Å². The second-order valence-electron chi connectivity index (χ2n) is 4.06. The molecular weight excluding hydrogens is 252 g/mol. The molecule has 102 valence electrons. The van der Waals surface area contributed by atoms with Crippen LogP contribution in [0.2, 0.25) is 0 Å². The van der Waals surface area contributed by atoms with Gasteiger partial charge in [0.15, 0.2) is 0 Å². The van der Waals surface area contributed by atoms with Gasteiger partial charge in [-0.2, -0.15) is 0 Å². The molecule has 0 fully saturated rings. The summed E-state index contributed by atoms with van der Waals surface area (Å²) in [5.74, 6) is 0.225. The molecule has 1 atom stereocenters. The van der Waals surface area contributed by atoms with Crippen molar-refractivity contribution in [1.82, 2.24) is 0 Å². The second-order valence-corrected chi connectivity index (χ2v) is 4.06. The van der Waals surface area contributed by atoms with E-state index in [-0.39, 0.29) is 24.4 Å². The van der Waals surface area contributed by atoms with Crippen LogP contribution in [0.3, 0.4) is 0 Å². The van der Waals surface area contributed by atoms with Crippen molar-refractivity contribution in [3.8, 4) is 5.75 Å². The molecule has 0 spiro atoms. The Balaban J connectivity index is 0.00000289. The number of halogens is 1. The minimum Gasteiger partial charge on any atom is -0.427 e. The smallest absolute Gasteiger partial charge is 0.308 e. The number of ether oxygens (including phenoxy) is 1. The van der Waals surface area contributed by atoms with Gasteiger partial charge in [-0.05, 0) is 37.1 Å². The van der Waals surface area contributed by atoms with Crippen molar-refractivity contribution in [1.29, 1.82) is 0 Å². The SMILES string of the molecule is CC(=O)Oc1cccc([C@@H](N)CCCCN)c1.Cl. The Morgan fingerprint density at radius 3 is 2.72 bits per heavy atom. The van der Waals surface area contributed by atoms with Crippen LogP contribution in [0.4, 0.5) is 0 Å². The Kier molecular flexibility index (Phi) is 8.37. The number of hydrogen-bond acceptors (Lipinski definition) is 4. The lowest BCUT2D eigenvalue weighted by Gasteiger charge is -2.12. The monoisotopic (exact) mass is 272 g/mol. The third kappa shape index (κ3) is 6.00. The predicted molar refractivity (Wildman–Crippen MR) is 74.8 cm³/mol. The quantitative estimate of drug-likeness (QED) is 0.473. The number of hydrogen-bond donors (Lipinski definition) is 2. The van der Waals surface area contributed by atoms with E-state index < -0.39 is 0 Å². The maximum Gasteiger partial charge on any atom is 0.308 e. The number of carbonyl (C=O) groups excluding carboxylic acids is 1. The molecule has 0 aliphatic rings. The first-order valence-electron chi connectivity index (χ1n) is 5.87. The van der Waals surface area contributed by atoms with Gasteiger partial charge in [0.25, 0.3) is 0 Å². The molecule has 5 heteroatoms. The van der Waals surface area contributed by atoms with Crippen molar-refractivity contribution in [2.75, 3.05) is 6.54 Å². The highest BCUT2D eigenvalue weighted by Gasteiger charge is 2.07. The fraction of sp³-hybridized carbons (Fsp3) is 0.462. The summed E-state index contributed by atoms with van der Waals surface area (Å²) in [6.07, 6.45) is 2.88. The van der Waals surface area contributed by atoms with Crippen molar-refractivity contribution in [3.63, 3.8) is 0 Å². The third-order valence-corrected chi connectivity index (χ3v) is 2.52. The number of unbranched alkanes of at least 4 members (excludes halogenated alkanes) is 1. The lowest BCUT2D eigenvalue weighted by atomic mass is 10.0. The summed E-state index contributed by atoms with van der Waals surface area (Å²) in [6, 6.07) is 7.32. The van der Waals surface area contributed by atoms with Crippen LogP contribution in [-0.2, 0) is 4.79 Å². The Bertz CT molecular complexity index is 372. The van der Waals surface area contributed by atoms with Crippen LogP contribution in [0.25, 0.3) is 0 Å². The van der Waals surface area contributed by atoms with E-state index in [4.69, 9.17) is 16.2 Å². The number of benzene rings is 1. The van der Waals surface area contributed by atoms with Crippen LogP contribution in [0.5, 0.6) is 5.75 Å². The number of esters is 1. The van der Waals surface area contributed by atoms with E-state index in [1.807, 2.05) is 18.2 Å². The van der Waals surface area contributed by atoms with Gasteiger partial charge >= 0.3 is 5.97 Å². The molecule has 18 heavy (non-hydrogen) atoms. The molecule has 1 rings (SSSR count). The van der Waals surface area contributed by atoms with Crippen molar-refractivity contribution >= 4 is 18.4 Å². The largest absolute Gasteiger partial charge is 0.427 e. The predicted octanol–water partition coefficient (Wildman–Crippen LogP) is 2.16. The first-order chi connectivity index (χ1) is 8.13.